The second-order valence-corrected chi connectivity index (χ2v) is 13.4. The molecule has 5 aromatic rings. The Balaban J connectivity index is 1.21. The van der Waals surface area contributed by atoms with E-state index in [1.54, 1.807) is 116 Å². The summed E-state index contributed by atoms with van der Waals surface area (Å²) in [5.41, 5.74) is 2.37. The molecule has 272 valence electrons. The number of rotatable bonds is 12. The van der Waals surface area contributed by atoms with E-state index in [4.69, 9.17) is 14.2 Å². The smallest absolute Gasteiger partial charge is 0.272 e. The van der Waals surface area contributed by atoms with Crippen LogP contribution in [0.2, 0.25) is 0 Å². The zero-order chi connectivity index (χ0) is 38.4. The van der Waals surface area contributed by atoms with Crippen LogP contribution in [0.1, 0.15) is 54.7 Å². The van der Waals surface area contributed by atoms with E-state index in [0.29, 0.717) is 50.1 Å². The zero-order valence-electron chi connectivity index (χ0n) is 29.7. The summed E-state index contributed by atoms with van der Waals surface area (Å²) in [6.07, 6.45) is 1.47. The van der Waals surface area contributed by atoms with Crippen molar-refractivity contribution in [2.75, 3.05) is 32.0 Å². The molecule has 0 heterocycles. The predicted octanol–water partition coefficient (Wildman–Crippen LogP) is 7.02. The molecule has 0 spiro atoms. The van der Waals surface area contributed by atoms with E-state index >= 15 is 0 Å². The van der Waals surface area contributed by atoms with Crippen LogP contribution in [0.25, 0.3) is 6.08 Å². The highest BCUT2D eigenvalue weighted by Gasteiger charge is 2.32. The SMILES string of the molecule is COc1cc(OC)c(OC)cc1/C=C(/NC(=O)c1ccccc1)C(=O)Nc1cccc(SC(C)C(=O)Nc2cccc3c2C(=O)c2ccccc2C3=O)c1. The third kappa shape index (κ3) is 7.88. The number of carbonyl (C=O) groups is 5. The summed E-state index contributed by atoms with van der Waals surface area (Å²) in [6, 6.07) is 30.0. The lowest BCUT2D eigenvalue weighted by atomic mass is 9.83. The molecule has 1 aliphatic rings. The van der Waals surface area contributed by atoms with E-state index in [-0.39, 0.29) is 40.0 Å². The summed E-state index contributed by atoms with van der Waals surface area (Å²) in [5.74, 6) is -0.959. The highest BCUT2D eigenvalue weighted by Crippen LogP contribution is 2.36. The van der Waals surface area contributed by atoms with Crippen LogP contribution in [0.15, 0.2) is 120 Å². The van der Waals surface area contributed by atoms with Gasteiger partial charge in [0.15, 0.2) is 23.1 Å². The van der Waals surface area contributed by atoms with Crippen molar-refractivity contribution in [3.8, 4) is 17.2 Å². The summed E-state index contributed by atoms with van der Waals surface area (Å²) in [7, 11) is 4.44. The number of hydrogen-bond acceptors (Lipinski definition) is 9. The van der Waals surface area contributed by atoms with Crippen LogP contribution in [0.3, 0.4) is 0 Å². The Hall–Kier alpha value is -6.66. The molecule has 0 bridgehead atoms. The van der Waals surface area contributed by atoms with E-state index in [1.165, 1.54) is 39.2 Å². The monoisotopic (exact) mass is 741 g/mol. The minimum atomic E-state index is -0.647. The van der Waals surface area contributed by atoms with Crippen molar-refractivity contribution >= 4 is 58.5 Å². The lowest BCUT2D eigenvalue weighted by molar-refractivity contribution is -0.115. The van der Waals surface area contributed by atoms with Crippen LogP contribution in [0, 0.1) is 0 Å². The minimum absolute atomic E-state index is 0.0815. The molecule has 3 N–H and O–H groups in total. The van der Waals surface area contributed by atoms with Gasteiger partial charge in [0.05, 0.1) is 37.8 Å². The highest BCUT2D eigenvalue weighted by molar-refractivity contribution is 8.00. The molecule has 1 atom stereocenters. The molecule has 0 saturated carbocycles. The Bertz CT molecular complexity index is 2320. The number of carbonyl (C=O) groups excluding carboxylic acids is 5. The number of anilines is 2. The Labute approximate surface area is 315 Å². The molecular formula is C42H35N3O8S. The van der Waals surface area contributed by atoms with Crippen molar-refractivity contribution in [3.63, 3.8) is 0 Å². The maximum Gasteiger partial charge on any atom is 0.272 e. The molecule has 0 radical (unpaired) electrons. The second-order valence-electron chi connectivity index (χ2n) is 12.0. The fourth-order valence-electron chi connectivity index (χ4n) is 5.85. The first kappa shape index (κ1) is 37.1. The van der Waals surface area contributed by atoms with Crippen LogP contribution in [0.5, 0.6) is 17.2 Å². The number of hydrogen-bond donors (Lipinski definition) is 3. The van der Waals surface area contributed by atoms with Gasteiger partial charge in [0.1, 0.15) is 11.4 Å². The van der Waals surface area contributed by atoms with Crippen molar-refractivity contribution < 1.29 is 38.2 Å². The molecule has 1 unspecified atom stereocenters. The highest BCUT2D eigenvalue weighted by atomic mass is 32.2. The Morgan fingerprint density at radius 3 is 2.00 bits per heavy atom. The lowest BCUT2D eigenvalue weighted by Crippen LogP contribution is -2.30. The molecule has 3 amide bonds. The number of benzene rings is 5. The van der Waals surface area contributed by atoms with Gasteiger partial charge in [0.2, 0.25) is 5.91 Å². The van der Waals surface area contributed by atoms with Crippen LogP contribution < -0.4 is 30.2 Å². The topological polar surface area (TPSA) is 149 Å². The van der Waals surface area contributed by atoms with E-state index in [9.17, 15) is 24.0 Å². The number of fused-ring (bicyclic) bond motifs is 2. The summed E-state index contributed by atoms with van der Waals surface area (Å²) in [4.78, 5) is 67.8. The Kier molecular flexibility index (Phi) is 11.2. The Morgan fingerprint density at radius 2 is 1.30 bits per heavy atom. The van der Waals surface area contributed by atoms with Crippen LogP contribution >= 0.6 is 11.8 Å². The lowest BCUT2D eigenvalue weighted by Gasteiger charge is -2.21. The molecule has 11 nitrogen and oxygen atoms in total. The van der Waals surface area contributed by atoms with Gasteiger partial charge >= 0.3 is 0 Å². The summed E-state index contributed by atoms with van der Waals surface area (Å²) in [6.45, 7) is 1.71. The van der Waals surface area contributed by atoms with Gasteiger partial charge in [-0.05, 0) is 55.5 Å². The van der Waals surface area contributed by atoms with Gasteiger partial charge in [0, 0.05) is 44.5 Å². The Morgan fingerprint density at radius 1 is 0.667 bits per heavy atom. The predicted molar refractivity (Wildman–Crippen MR) is 207 cm³/mol. The molecule has 5 aromatic carbocycles. The van der Waals surface area contributed by atoms with Gasteiger partial charge in [-0.1, -0.05) is 60.7 Å². The number of amides is 3. The number of ketones is 2. The van der Waals surface area contributed by atoms with E-state index < -0.39 is 17.1 Å². The van der Waals surface area contributed by atoms with Crippen LogP contribution in [-0.4, -0.2) is 55.9 Å². The molecule has 12 heteroatoms. The average Bonchev–Trinajstić information content (AvgIpc) is 3.19. The molecular weight excluding hydrogens is 707 g/mol. The molecule has 0 aromatic heterocycles. The molecule has 0 saturated heterocycles. The summed E-state index contributed by atoms with van der Waals surface area (Å²) in [5, 5.41) is 7.75. The van der Waals surface area contributed by atoms with Gasteiger partial charge in [0.25, 0.3) is 11.8 Å². The number of thioether (sulfide) groups is 1. The average molecular weight is 742 g/mol. The largest absolute Gasteiger partial charge is 0.496 e. The van der Waals surface area contributed by atoms with Gasteiger partial charge in [-0.2, -0.15) is 0 Å². The number of nitrogens with one attached hydrogen (secondary N) is 3. The van der Waals surface area contributed by atoms with Crippen LogP contribution in [0.4, 0.5) is 11.4 Å². The third-order valence-corrected chi connectivity index (χ3v) is 9.64. The summed E-state index contributed by atoms with van der Waals surface area (Å²) < 4.78 is 16.4. The normalized spacial score (nSPS) is 12.5. The van der Waals surface area contributed by atoms with E-state index in [0.717, 1.165) is 0 Å². The quantitative estimate of drug-likeness (QED) is 0.0889. The van der Waals surface area contributed by atoms with Crippen LogP contribution in [-0.2, 0) is 9.59 Å². The maximum absolute atomic E-state index is 13.8. The molecule has 1 aliphatic carbocycles. The minimum Gasteiger partial charge on any atom is -0.496 e. The summed E-state index contributed by atoms with van der Waals surface area (Å²) >= 11 is 1.23. The zero-order valence-corrected chi connectivity index (χ0v) is 30.5. The van der Waals surface area contributed by atoms with Gasteiger partial charge in [-0.3, -0.25) is 24.0 Å². The first-order valence-electron chi connectivity index (χ1n) is 16.7. The molecule has 0 aliphatic heterocycles. The van der Waals surface area contributed by atoms with Crippen molar-refractivity contribution in [2.24, 2.45) is 0 Å². The fraction of sp³-hybridized carbons (Fsp3) is 0.119. The number of ether oxygens (including phenoxy) is 3. The standard InChI is InChI=1S/C42H35N3O8S/c1-24(40(48)44-32-19-11-18-31-37(32)39(47)30-17-9-8-16-29(30)38(31)46)54-28-15-10-14-27(22-28)43-42(50)33(45-41(49)25-12-6-5-7-13-25)20-26-21-35(52-3)36(53-4)23-34(26)51-2/h5-24H,1-4H3,(H,43,50)(H,44,48)(H,45,49)/b33-20+. The van der Waals surface area contributed by atoms with Gasteiger partial charge in [-0.15, -0.1) is 11.8 Å². The molecule has 54 heavy (non-hydrogen) atoms. The maximum atomic E-state index is 13.8. The van der Waals surface area contributed by atoms with E-state index in [2.05, 4.69) is 16.0 Å². The van der Waals surface area contributed by atoms with Crippen molar-refractivity contribution in [1.29, 1.82) is 0 Å². The second kappa shape index (κ2) is 16.3. The fourth-order valence-corrected chi connectivity index (χ4v) is 6.78. The first-order valence-corrected chi connectivity index (χ1v) is 17.6. The van der Waals surface area contributed by atoms with E-state index in [1.807, 2.05) is 0 Å². The number of methoxy groups -OCH3 is 3. The first-order chi connectivity index (χ1) is 26.1. The third-order valence-electron chi connectivity index (χ3n) is 8.55. The molecule has 0 fully saturated rings. The van der Waals surface area contributed by atoms with Crippen molar-refractivity contribution in [1.82, 2.24) is 5.32 Å². The van der Waals surface area contributed by atoms with Gasteiger partial charge in [-0.25, -0.2) is 0 Å². The van der Waals surface area contributed by atoms with Gasteiger partial charge < -0.3 is 30.2 Å². The molecule has 6 rings (SSSR count). The van der Waals surface area contributed by atoms with Crippen molar-refractivity contribution in [3.05, 3.63) is 148 Å². The van der Waals surface area contributed by atoms with Crippen molar-refractivity contribution in [2.45, 2.75) is 17.1 Å².